The lowest BCUT2D eigenvalue weighted by atomic mass is 10.2. The van der Waals surface area contributed by atoms with Gasteiger partial charge in [0.2, 0.25) is 0 Å². The quantitative estimate of drug-likeness (QED) is 0.790. The molecular formula is C12H15BrF3N3. The van der Waals surface area contributed by atoms with Gasteiger partial charge in [0.05, 0.1) is 5.56 Å². The molecule has 0 aliphatic carbocycles. The lowest BCUT2D eigenvalue weighted by Gasteiger charge is -2.35. The highest BCUT2D eigenvalue weighted by Gasteiger charge is 2.31. The Balaban J connectivity index is 2.03. The monoisotopic (exact) mass is 337 g/mol. The van der Waals surface area contributed by atoms with Crippen molar-refractivity contribution in [2.24, 2.45) is 0 Å². The normalized spacial score (nSPS) is 17.8. The maximum atomic E-state index is 12.6. The highest BCUT2D eigenvalue weighted by atomic mass is 79.9. The third-order valence-corrected chi connectivity index (χ3v) is 3.52. The molecule has 1 fully saturated rings. The summed E-state index contributed by atoms with van der Waals surface area (Å²) < 4.78 is 37.9. The standard InChI is InChI=1S/C12H15BrF3N3/c13-2-4-18-5-7-19(8-6-18)11-9-10(1-3-17-11)12(14,15)16/h1,3,9H,2,4-8H2. The second kappa shape index (κ2) is 6.09. The zero-order valence-corrected chi connectivity index (χ0v) is 11.9. The van der Waals surface area contributed by atoms with Crippen LogP contribution in [0.3, 0.4) is 0 Å². The van der Waals surface area contributed by atoms with Gasteiger partial charge >= 0.3 is 6.18 Å². The van der Waals surface area contributed by atoms with Crippen LogP contribution in [0.1, 0.15) is 5.56 Å². The number of piperazine rings is 1. The number of nitrogens with zero attached hydrogens (tertiary/aromatic N) is 3. The van der Waals surface area contributed by atoms with E-state index in [1.807, 2.05) is 4.90 Å². The van der Waals surface area contributed by atoms with E-state index < -0.39 is 11.7 Å². The molecule has 0 N–H and O–H groups in total. The molecule has 0 spiro atoms. The maximum Gasteiger partial charge on any atom is 0.416 e. The summed E-state index contributed by atoms with van der Waals surface area (Å²) in [5.74, 6) is 0.410. The van der Waals surface area contributed by atoms with Crippen LogP contribution in [-0.2, 0) is 6.18 Å². The van der Waals surface area contributed by atoms with E-state index in [1.165, 1.54) is 6.20 Å². The summed E-state index contributed by atoms with van der Waals surface area (Å²) in [6, 6.07) is 2.13. The highest BCUT2D eigenvalue weighted by Crippen LogP contribution is 2.30. The Labute approximate surface area is 118 Å². The highest BCUT2D eigenvalue weighted by molar-refractivity contribution is 9.09. The molecule has 1 saturated heterocycles. The van der Waals surface area contributed by atoms with Crippen LogP contribution >= 0.6 is 15.9 Å². The van der Waals surface area contributed by atoms with Gasteiger partial charge in [-0.25, -0.2) is 4.98 Å². The zero-order chi connectivity index (χ0) is 13.9. The van der Waals surface area contributed by atoms with Crippen LogP contribution in [0.4, 0.5) is 19.0 Å². The Morgan fingerprint density at radius 1 is 1.21 bits per heavy atom. The molecule has 0 radical (unpaired) electrons. The Hall–Kier alpha value is -0.820. The predicted octanol–water partition coefficient (Wildman–Crippen LogP) is 2.62. The van der Waals surface area contributed by atoms with E-state index in [9.17, 15) is 13.2 Å². The minimum atomic E-state index is -4.31. The fourth-order valence-electron chi connectivity index (χ4n) is 2.09. The number of aromatic nitrogens is 1. The van der Waals surface area contributed by atoms with E-state index in [4.69, 9.17) is 0 Å². The Bertz CT molecular complexity index is 417. The van der Waals surface area contributed by atoms with Crippen molar-refractivity contribution in [1.82, 2.24) is 9.88 Å². The van der Waals surface area contributed by atoms with E-state index in [0.29, 0.717) is 18.9 Å². The van der Waals surface area contributed by atoms with Gasteiger partial charge in [0, 0.05) is 44.3 Å². The van der Waals surface area contributed by atoms with Crippen LogP contribution in [-0.4, -0.2) is 47.9 Å². The van der Waals surface area contributed by atoms with Crippen LogP contribution in [0.2, 0.25) is 0 Å². The smallest absolute Gasteiger partial charge is 0.354 e. The second-order valence-electron chi connectivity index (χ2n) is 4.42. The molecule has 0 amide bonds. The molecule has 106 valence electrons. The number of halogens is 4. The van der Waals surface area contributed by atoms with Crippen LogP contribution < -0.4 is 4.90 Å². The molecule has 2 heterocycles. The van der Waals surface area contributed by atoms with Crippen LogP contribution in [0.5, 0.6) is 0 Å². The summed E-state index contributed by atoms with van der Waals surface area (Å²) in [6.07, 6.45) is -3.08. The largest absolute Gasteiger partial charge is 0.416 e. The van der Waals surface area contributed by atoms with E-state index in [1.54, 1.807) is 0 Å². The zero-order valence-electron chi connectivity index (χ0n) is 10.3. The lowest BCUT2D eigenvalue weighted by Crippen LogP contribution is -2.47. The molecule has 19 heavy (non-hydrogen) atoms. The average molecular weight is 338 g/mol. The van der Waals surface area contributed by atoms with Gasteiger partial charge in [0.1, 0.15) is 5.82 Å². The van der Waals surface area contributed by atoms with E-state index in [-0.39, 0.29) is 0 Å². The van der Waals surface area contributed by atoms with Gasteiger partial charge in [-0.05, 0) is 12.1 Å². The first-order valence-electron chi connectivity index (χ1n) is 6.07. The molecule has 0 aromatic carbocycles. The summed E-state index contributed by atoms with van der Waals surface area (Å²) in [5, 5.41) is 0.912. The Kier molecular flexibility index (Phi) is 4.67. The molecule has 7 heteroatoms. The minimum absolute atomic E-state index is 0.410. The minimum Gasteiger partial charge on any atom is -0.354 e. The van der Waals surface area contributed by atoms with Crippen molar-refractivity contribution < 1.29 is 13.2 Å². The van der Waals surface area contributed by atoms with Crippen molar-refractivity contribution in [3.63, 3.8) is 0 Å². The third kappa shape index (κ3) is 3.82. The molecular weight excluding hydrogens is 323 g/mol. The topological polar surface area (TPSA) is 19.4 Å². The average Bonchev–Trinajstić information content (AvgIpc) is 2.39. The van der Waals surface area contributed by atoms with E-state index in [0.717, 1.165) is 37.1 Å². The van der Waals surface area contributed by atoms with Crippen LogP contribution in [0.15, 0.2) is 18.3 Å². The van der Waals surface area contributed by atoms with Crippen molar-refractivity contribution in [1.29, 1.82) is 0 Å². The van der Waals surface area contributed by atoms with Gasteiger partial charge in [-0.3, -0.25) is 4.90 Å². The molecule has 1 aromatic rings. The molecule has 3 nitrogen and oxygen atoms in total. The van der Waals surface area contributed by atoms with Gasteiger partial charge in [-0.2, -0.15) is 13.2 Å². The Morgan fingerprint density at radius 2 is 1.89 bits per heavy atom. The van der Waals surface area contributed by atoms with E-state index in [2.05, 4.69) is 25.8 Å². The summed E-state index contributed by atoms with van der Waals surface area (Å²) >= 11 is 3.38. The number of alkyl halides is 4. The summed E-state index contributed by atoms with van der Waals surface area (Å²) in [6.45, 7) is 4.08. The molecule has 1 aliphatic heterocycles. The van der Waals surface area contributed by atoms with Gasteiger partial charge in [-0.15, -0.1) is 0 Å². The number of hydrogen-bond acceptors (Lipinski definition) is 3. The van der Waals surface area contributed by atoms with Gasteiger partial charge < -0.3 is 4.90 Å². The van der Waals surface area contributed by atoms with Gasteiger partial charge in [0.25, 0.3) is 0 Å². The fourth-order valence-corrected chi connectivity index (χ4v) is 2.59. The second-order valence-corrected chi connectivity index (χ2v) is 5.21. The van der Waals surface area contributed by atoms with Crippen molar-refractivity contribution in [3.05, 3.63) is 23.9 Å². The summed E-state index contributed by atoms with van der Waals surface area (Å²) in [4.78, 5) is 8.23. The summed E-state index contributed by atoms with van der Waals surface area (Å²) in [5.41, 5.74) is -0.639. The molecule has 2 rings (SSSR count). The maximum absolute atomic E-state index is 12.6. The molecule has 1 aliphatic rings. The number of pyridine rings is 1. The van der Waals surface area contributed by atoms with Gasteiger partial charge in [0.15, 0.2) is 0 Å². The molecule has 0 atom stereocenters. The lowest BCUT2D eigenvalue weighted by molar-refractivity contribution is -0.137. The first kappa shape index (κ1) is 14.6. The first-order valence-corrected chi connectivity index (χ1v) is 7.19. The van der Waals surface area contributed by atoms with Crippen molar-refractivity contribution >= 4 is 21.7 Å². The predicted molar refractivity (Wildman–Crippen MR) is 71.7 cm³/mol. The Morgan fingerprint density at radius 3 is 2.47 bits per heavy atom. The number of rotatable bonds is 3. The molecule has 0 unspecified atom stereocenters. The van der Waals surface area contributed by atoms with Gasteiger partial charge in [-0.1, -0.05) is 15.9 Å². The third-order valence-electron chi connectivity index (χ3n) is 3.17. The fraction of sp³-hybridized carbons (Fsp3) is 0.583. The molecule has 0 bridgehead atoms. The van der Waals surface area contributed by atoms with Crippen molar-refractivity contribution in [3.8, 4) is 0 Å². The number of anilines is 1. The molecule has 1 aromatic heterocycles. The van der Waals surface area contributed by atoms with Crippen molar-refractivity contribution in [2.45, 2.75) is 6.18 Å². The van der Waals surface area contributed by atoms with Crippen LogP contribution in [0.25, 0.3) is 0 Å². The van der Waals surface area contributed by atoms with E-state index >= 15 is 0 Å². The SMILES string of the molecule is FC(F)(F)c1ccnc(N2CCN(CCBr)CC2)c1. The number of hydrogen-bond donors (Lipinski definition) is 0. The first-order chi connectivity index (χ1) is 9.00. The molecule has 0 saturated carbocycles. The van der Waals surface area contributed by atoms with Crippen molar-refractivity contribution in [2.75, 3.05) is 43.0 Å². The van der Waals surface area contributed by atoms with Crippen LogP contribution in [0, 0.1) is 0 Å². The summed E-state index contributed by atoms with van der Waals surface area (Å²) in [7, 11) is 0.